The number of benzene rings is 1. The first kappa shape index (κ1) is 19.7. The SMILES string of the molecule is CCOC(=O)c1cnc(N2CCC3(CC2)CC3)nc1OCc1ccc(C)c(C)c1. The average Bonchev–Trinajstić information content (AvgIpc) is 3.48. The van der Waals surface area contributed by atoms with Crippen LogP contribution in [-0.2, 0) is 11.3 Å². The molecule has 0 unspecified atom stereocenters. The summed E-state index contributed by atoms with van der Waals surface area (Å²) >= 11 is 0. The minimum Gasteiger partial charge on any atom is -0.472 e. The van der Waals surface area contributed by atoms with Crippen molar-refractivity contribution in [2.24, 2.45) is 5.41 Å². The van der Waals surface area contributed by atoms with Crippen molar-refractivity contribution in [1.82, 2.24) is 9.97 Å². The van der Waals surface area contributed by atoms with Crippen molar-refractivity contribution in [1.29, 1.82) is 0 Å². The molecule has 1 saturated carbocycles. The van der Waals surface area contributed by atoms with Gasteiger partial charge in [0, 0.05) is 13.1 Å². The molecule has 2 aromatic rings. The third kappa shape index (κ3) is 4.36. The molecule has 1 aliphatic carbocycles. The van der Waals surface area contributed by atoms with E-state index in [1.807, 2.05) is 6.07 Å². The Morgan fingerprint density at radius 1 is 1.14 bits per heavy atom. The Kier molecular flexibility index (Phi) is 5.43. The zero-order chi connectivity index (χ0) is 20.4. The summed E-state index contributed by atoms with van der Waals surface area (Å²) in [5.41, 5.74) is 4.35. The Hall–Kier alpha value is -2.63. The molecule has 29 heavy (non-hydrogen) atoms. The lowest BCUT2D eigenvalue weighted by molar-refractivity contribution is 0.0519. The zero-order valence-corrected chi connectivity index (χ0v) is 17.5. The maximum Gasteiger partial charge on any atom is 0.345 e. The number of anilines is 1. The quantitative estimate of drug-likeness (QED) is 0.682. The summed E-state index contributed by atoms with van der Waals surface area (Å²) in [5, 5.41) is 0. The summed E-state index contributed by atoms with van der Waals surface area (Å²) in [6, 6.07) is 6.21. The summed E-state index contributed by atoms with van der Waals surface area (Å²) in [6.45, 7) is 8.49. The van der Waals surface area contributed by atoms with Gasteiger partial charge in [-0.1, -0.05) is 18.2 Å². The number of carbonyl (C=O) groups is 1. The molecule has 1 spiro atoms. The molecule has 4 rings (SSSR count). The van der Waals surface area contributed by atoms with Gasteiger partial charge in [-0.05, 0) is 68.6 Å². The predicted octanol–water partition coefficient (Wildman–Crippen LogP) is 4.23. The van der Waals surface area contributed by atoms with Gasteiger partial charge in [-0.15, -0.1) is 0 Å². The van der Waals surface area contributed by atoms with Crippen LogP contribution in [0.2, 0.25) is 0 Å². The van der Waals surface area contributed by atoms with E-state index in [2.05, 4.69) is 40.8 Å². The number of aryl methyl sites for hydroxylation is 2. The van der Waals surface area contributed by atoms with Crippen LogP contribution in [0.5, 0.6) is 5.88 Å². The topological polar surface area (TPSA) is 64.5 Å². The lowest BCUT2D eigenvalue weighted by atomic mass is 9.94. The molecule has 0 amide bonds. The van der Waals surface area contributed by atoms with Crippen LogP contribution in [-0.4, -0.2) is 35.6 Å². The van der Waals surface area contributed by atoms with Gasteiger partial charge < -0.3 is 14.4 Å². The molecule has 0 radical (unpaired) electrons. The molecular formula is C23H29N3O3. The zero-order valence-electron chi connectivity index (χ0n) is 17.5. The summed E-state index contributed by atoms with van der Waals surface area (Å²) in [5.74, 6) is 0.465. The molecule has 6 nitrogen and oxygen atoms in total. The van der Waals surface area contributed by atoms with Crippen LogP contribution in [0, 0.1) is 19.3 Å². The Bertz CT molecular complexity index is 898. The highest BCUT2D eigenvalue weighted by atomic mass is 16.5. The Balaban J connectivity index is 1.54. The van der Waals surface area contributed by atoms with Crippen LogP contribution in [0.4, 0.5) is 5.95 Å². The maximum absolute atomic E-state index is 12.4. The van der Waals surface area contributed by atoms with Crippen LogP contribution in [0.15, 0.2) is 24.4 Å². The number of carbonyl (C=O) groups excluding carboxylic acids is 1. The Morgan fingerprint density at radius 3 is 2.55 bits per heavy atom. The second kappa shape index (κ2) is 8.01. The predicted molar refractivity (Wildman–Crippen MR) is 111 cm³/mol. The molecule has 2 aliphatic rings. The standard InChI is InChI=1S/C23H29N3O3/c1-4-28-21(27)19-14-24-22(26-11-9-23(7-8-23)10-12-26)25-20(19)29-15-18-6-5-16(2)17(3)13-18/h5-6,13-14H,4,7-12,15H2,1-3H3. The van der Waals surface area contributed by atoms with E-state index in [4.69, 9.17) is 9.47 Å². The van der Waals surface area contributed by atoms with Gasteiger partial charge >= 0.3 is 5.97 Å². The third-order valence-electron chi connectivity index (χ3n) is 6.25. The van der Waals surface area contributed by atoms with E-state index in [0.717, 1.165) is 18.7 Å². The van der Waals surface area contributed by atoms with Gasteiger partial charge in [0.2, 0.25) is 11.8 Å². The highest BCUT2D eigenvalue weighted by Gasteiger charge is 2.44. The highest BCUT2D eigenvalue weighted by Crippen LogP contribution is 2.53. The van der Waals surface area contributed by atoms with E-state index in [1.165, 1.54) is 43.0 Å². The number of rotatable bonds is 6. The van der Waals surface area contributed by atoms with E-state index in [1.54, 1.807) is 6.92 Å². The van der Waals surface area contributed by atoms with Crippen LogP contribution < -0.4 is 9.64 Å². The van der Waals surface area contributed by atoms with Crippen molar-refractivity contribution in [3.8, 4) is 5.88 Å². The fourth-order valence-corrected chi connectivity index (χ4v) is 3.87. The first-order chi connectivity index (χ1) is 14.0. The van der Waals surface area contributed by atoms with Crippen molar-refractivity contribution < 1.29 is 14.3 Å². The average molecular weight is 396 g/mol. The molecule has 154 valence electrons. The molecule has 2 heterocycles. The molecule has 1 saturated heterocycles. The van der Waals surface area contributed by atoms with Gasteiger partial charge in [0.25, 0.3) is 0 Å². The van der Waals surface area contributed by atoms with Gasteiger partial charge in [0.1, 0.15) is 12.2 Å². The van der Waals surface area contributed by atoms with Crippen molar-refractivity contribution in [3.05, 3.63) is 46.6 Å². The van der Waals surface area contributed by atoms with E-state index in [9.17, 15) is 4.79 Å². The van der Waals surface area contributed by atoms with Gasteiger partial charge in [-0.25, -0.2) is 9.78 Å². The van der Waals surface area contributed by atoms with Gasteiger partial charge in [0.05, 0.1) is 12.8 Å². The normalized spacial score (nSPS) is 17.3. The summed E-state index contributed by atoms with van der Waals surface area (Å²) in [4.78, 5) is 23.6. The van der Waals surface area contributed by atoms with Crippen molar-refractivity contribution >= 4 is 11.9 Å². The van der Waals surface area contributed by atoms with Crippen LogP contribution in [0.25, 0.3) is 0 Å². The Labute approximate surface area is 172 Å². The highest BCUT2D eigenvalue weighted by molar-refractivity contribution is 5.91. The van der Waals surface area contributed by atoms with E-state index in [-0.39, 0.29) is 5.56 Å². The summed E-state index contributed by atoms with van der Waals surface area (Å²) < 4.78 is 11.2. The minimum atomic E-state index is -0.454. The van der Waals surface area contributed by atoms with Crippen molar-refractivity contribution in [2.75, 3.05) is 24.6 Å². The van der Waals surface area contributed by atoms with Crippen molar-refractivity contribution in [2.45, 2.75) is 53.1 Å². The van der Waals surface area contributed by atoms with E-state index in [0.29, 0.717) is 30.5 Å². The van der Waals surface area contributed by atoms with Gasteiger partial charge in [-0.3, -0.25) is 0 Å². The molecule has 0 atom stereocenters. The second-order valence-corrected chi connectivity index (χ2v) is 8.30. The largest absolute Gasteiger partial charge is 0.472 e. The third-order valence-corrected chi connectivity index (χ3v) is 6.25. The van der Waals surface area contributed by atoms with Gasteiger partial charge in [-0.2, -0.15) is 4.98 Å². The van der Waals surface area contributed by atoms with Gasteiger partial charge in [0.15, 0.2) is 0 Å². The summed E-state index contributed by atoms with van der Waals surface area (Å²) in [6.07, 6.45) is 6.63. The number of piperidine rings is 1. The van der Waals surface area contributed by atoms with E-state index >= 15 is 0 Å². The summed E-state index contributed by atoms with van der Waals surface area (Å²) in [7, 11) is 0. The number of nitrogens with zero attached hydrogens (tertiary/aromatic N) is 3. The molecule has 0 N–H and O–H groups in total. The number of ether oxygens (including phenoxy) is 2. The minimum absolute atomic E-state index is 0.273. The fourth-order valence-electron chi connectivity index (χ4n) is 3.87. The number of esters is 1. The second-order valence-electron chi connectivity index (χ2n) is 8.30. The molecule has 2 fully saturated rings. The monoisotopic (exact) mass is 395 g/mol. The molecule has 1 aromatic carbocycles. The lowest BCUT2D eigenvalue weighted by Gasteiger charge is -2.32. The van der Waals surface area contributed by atoms with E-state index < -0.39 is 5.97 Å². The number of hydrogen-bond donors (Lipinski definition) is 0. The fraction of sp³-hybridized carbons (Fsp3) is 0.522. The van der Waals surface area contributed by atoms with Crippen LogP contribution in [0.3, 0.4) is 0 Å². The molecular weight excluding hydrogens is 366 g/mol. The number of aromatic nitrogens is 2. The smallest absolute Gasteiger partial charge is 0.345 e. The first-order valence-corrected chi connectivity index (χ1v) is 10.5. The number of hydrogen-bond acceptors (Lipinski definition) is 6. The molecule has 1 aliphatic heterocycles. The molecule has 6 heteroatoms. The maximum atomic E-state index is 12.4. The molecule has 1 aromatic heterocycles. The Morgan fingerprint density at radius 2 is 1.90 bits per heavy atom. The van der Waals surface area contributed by atoms with Crippen LogP contribution >= 0.6 is 0 Å². The van der Waals surface area contributed by atoms with Crippen molar-refractivity contribution in [3.63, 3.8) is 0 Å². The lowest BCUT2D eigenvalue weighted by Crippen LogP contribution is -2.35. The molecule has 0 bridgehead atoms. The van der Waals surface area contributed by atoms with Crippen LogP contribution in [0.1, 0.15) is 59.7 Å². The first-order valence-electron chi connectivity index (χ1n) is 10.5.